The molecule has 1 amide bonds. The van der Waals surface area contributed by atoms with Gasteiger partial charge in [-0.15, -0.1) is 0 Å². The van der Waals surface area contributed by atoms with E-state index in [0.717, 1.165) is 24.8 Å². The highest BCUT2D eigenvalue weighted by Gasteiger charge is 2.36. The summed E-state index contributed by atoms with van der Waals surface area (Å²) in [6, 6.07) is 13.6. The van der Waals surface area contributed by atoms with Crippen molar-refractivity contribution in [2.45, 2.75) is 50.5 Å². The Kier molecular flexibility index (Phi) is 5.85. The number of carbonyl (C=O) groups excluding carboxylic acids is 1. The van der Waals surface area contributed by atoms with E-state index in [1.54, 1.807) is 42.5 Å². The number of rotatable bonds is 7. The molecule has 2 aromatic carbocycles. The minimum absolute atomic E-state index is 0.106. The molecule has 3 rings (SSSR count). The molecule has 6 heteroatoms. The molecule has 1 aliphatic heterocycles. The normalized spacial score (nSPS) is 16.2. The van der Waals surface area contributed by atoms with Crippen molar-refractivity contribution >= 4 is 21.6 Å². The first kappa shape index (κ1) is 19.4. The molecule has 1 N–H and O–H groups in total. The Morgan fingerprint density at radius 1 is 1.15 bits per heavy atom. The molecule has 1 aliphatic rings. The second kappa shape index (κ2) is 8.13. The molecule has 0 bridgehead atoms. The third-order valence-corrected chi connectivity index (χ3v) is 6.80. The number of hydrogen-bond acceptors (Lipinski definition) is 3. The van der Waals surface area contributed by atoms with Crippen molar-refractivity contribution in [3.8, 4) is 0 Å². The Morgan fingerprint density at radius 2 is 1.89 bits per heavy atom. The van der Waals surface area contributed by atoms with Gasteiger partial charge in [0, 0.05) is 18.2 Å². The quantitative estimate of drug-likeness (QED) is 0.737. The standard InChI is InChI=1S/C21H26N2O3S/c1-3-4-8-13-22-21(24)17-11-12-20-18(15-17)14-16(2)23(20)27(25,26)19-9-6-5-7-10-19/h5-7,9-12,15-16H,3-4,8,13-14H2,1-2H3,(H,22,24)/t16-/m1/s1. The monoisotopic (exact) mass is 386 g/mol. The molecule has 0 fully saturated rings. The topological polar surface area (TPSA) is 66.5 Å². The third kappa shape index (κ3) is 4.00. The minimum Gasteiger partial charge on any atom is -0.352 e. The zero-order valence-electron chi connectivity index (χ0n) is 15.8. The number of nitrogens with zero attached hydrogens (tertiary/aromatic N) is 1. The van der Waals surface area contributed by atoms with Gasteiger partial charge in [-0.2, -0.15) is 0 Å². The number of benzene rings is 2. The van der Waals surface area contributed by atoms with Gasteiger partial charge in [-0.3, -0.25) is 9.10 Å². The van der Waals surface area contributed by atoms with E-state index in [1.165, 1.54) is 4.31 Å². The number of hydrogen-bond donors (Lipinski definition) is 1. The fourth-order valence-corrected chi connectivity index (χ4v) is 5.21. The van der Waals surface area contributed by atoms with Crippen molar-refractivity contribution < 1.29 is 13.2 Å². The van der Waals surface area contributed by atoms with Gasteiger partial charge in [0.05, 0.1) is 10.6 Å². The average molecular weight is 387 g/mol. The molecule has 0 aliphatic carbocycles. The van der Waals surface area contributed by atoms with Gasteiger partial charge in [-0.1, -0.05) is 38.0 Å². The Bertz CT molecular complexity index is 910. The van der Waals surface area contributed by atoms with E-state index in [9.17, 15) is 13.2 Å². The summed E-state index contributed by atoms with van der Waals surface area (Å²) in [5.41, 5.74) is 2.13. The van der Waals surface area contributed by atoms with Gasteiger partial charge >= 0.3 is 0 Å². The van der Waals surface area contributed by atoms with Crippen LogP contribution < -0.4 is 9.62 Å². The highest BCUT2D eigenvalue weighted by molar-refractivity contribution is 7.92. The first-order chi connectivity index (χ1) is 12.9. The van der Waals surface area contributed by atoms with Crippen molar-refractivity contribution in [3.05, 3.63) is 59.7 Å². The molecule has 5 nitrogen and oxygen atoms in total. The van der Waals surface area contributed by atoms with Crippen LogP contribution in [0.4, 0.5) is 5.69 Å². The fraction of sp³-hybridized carbons (Fsp3) is 0.381. The van der Waals surface area contributed by atoms with Crippen molar-refractivity contribution in [2.24, 2.45) is 0 Å². The Morgan fingerprint density at radius 3 is 2.59 bits per heavy atom. The van der Waals surface area contributed by atoms with Gasteiger partial charge in [0.15, 0.2) is 0 Å². The van der Waals surface area contributed by atoms with Crippen molar-refractivity contribution in [1.29, 1.82) is 0 Å². The Balaban J connectivity index is 1.83. The maximum absolute atomic E-state index is 13.1. The van der Waals surface area contributed by atoms with E-state index >= 15 is 0 Å². The first-order valence-corrected chi connectivity index (χ1v) is 10.9. The molecular formula is C21H26N2O3S. The van der Waals surface area contributed by atoms with E-state index < -0.39 is 10.0 Å². The van der Waals surface area contributed by atoms with Crippen LogP contribution in [0.25, 0.3) is 0 Å². The van der Waals surface area contributed by atoms with Crippen LogP contribution in [0.2, 0.25) is 0 Å². The van der Waals surface area contributed by atoms with Gasteiger partial charge in [0.25, 0.3) is 15.9 Å². The predicted octanol–water partition coefficient (Wildman–Crippen LogP) is 3.75. The van der Waals surface area contributed by atoms with Gasteiger partial charge < -0.3 is 5.32 Å². The molecule has 1 heterocycles. The molecule has 0 radical (unpaired) electrons. The number of amides is 1. The third-order valence-electron chi connectivity index (χ3n) is 4.86. The summed E-state index contributed by atoms with van der Waals surface area (Å²) in [5, 5.41) is 2.93. The van der Waals surface area contributed by atoms with Gasteiger partial charge in [-0.05, 0) is 55.7 Å². The molecule has 0 unspecified atom stereocenters. The zero-order valence-corrected chi connectivity index (χ0v) is 16.6. The lowest BCUT2D eigenvalue weighted by molar-refractivity contribution is 0.0953. The van der Waals surface area contributed by atoms with Gasteiger partial charge in [0.1, 0.15) is 0 Å². The number of carbonyl (C=O) groups is 1. The van der Waals surface area contributed by atoms with Crippen LogP contribution >= 0.6 is 0 Å². The summed E-state index contributed by atoms with van der Waals surface area (Å²) >= 11 is 0. The van der Waals surface area contributed by atoms with Crippen LogP contribution in [-0.2, 0) is 16.4 Å². The van der Waals surface area contributed by atoms with E-state index in [4.69, 9.17) is 0 Å². The fourth-order valence-electron chi connectivity index (χ4n) is 3.50. The molecule has 2 aromatic rings. The summed E-state index contributed by atoms with van der Waals surface area (Å²) in [7, 11) is -3.62. The van der Waals surface area contributed by atoms with Crippen LogP contribution in [0.15, 0.2) is 53.4 Å². The van der Waals surface area contributed by atoms with Crippen LogP contribution in [0, 0.1) is 0 Å². The second-order valence-corrected chi connectivity index (χ2v) is 8.79. The molecule has 0 saturated carbocycles. The summed E-state index contributed by atoms with van der Waals surface area (Å²) in [6.45, 7) is 4.68. The lowest BCUT2D eigenvalue weighted by Crippen LogP contribution is -2.35. The van der Waals surface area contributed by atoms with Gasteiger partial charge in [-0.25, -0.2) is 8.42 Å². The van der Waals surface area contributed by atoms with Crippen molar-refractivity contribution in [1.82, 2.24) is 5.32 Å². The van der Waals surface area contributed by atoms with Gasteiger partial charge in [0.2, 0.25) is 0 Å². The number of fused-ring (bicyclic) bond motifs is 1. The highest BCUT2D eigenvalue weighted by atomic mass is 32.2. The highest BCUT2D eigenvalue weighted by Crippen LogP contribution is 2.37. The number of nitrogens with one attached hydrogen (secondary N) is 1. The van der Waals surface area contributed by atoms with Crippen LogP contribution in [-0.4, -0.2) is 26.9 Å². The number of sulfonamides is 1. The maximum Gasteiger partial charge on any atom is 0.264 e. The lowest BCUT2D eigenvalue weighted by atomic mass is 10.1. The van der Waals surface area contributed by atoms with E-state index in [2.05, 4.69) is 12.2 Å². The first-order valence-electron chi connectivity index (χ1n) is 9.45. The second-order valence-electron chi connectivity index (χ2n) is 6.97. The summed E-state index contributed by atoms with van der Waals surface area (Å²) in [6.07, 6.45) is 3.76. The van der Waals surface area contributed by atoms with E-state index in [1.807, 2.05) is 13.0 Å². The van der Waals surface area contributed by atoms with Crippen molar-refractivity contribution in [2.75, 3.05) is 10.8 Å². The van der Waals surface area contributed by atoms with Crippen LogP contribution in [0.1, 0.15) is 49.0 Å². The summed E-state index contributed by atoms with van der Waals surface area (Å²) in [4.78, 5) is 12.6. The lowest BCUT2D eigenvalue weighted by Gasteiger charge is -2.24. The van der Waals surface area contributed by atoms with Crippen molar-refractivity contribution in [3.63, 3.8) is 0 Å². The zero-order chi connectivity index (χ0) is 19.4. The Labute approximate surface area is 161 Å². The average Bonchev–Trinajstić information content (AvgIpc) is 3.01. The van der Waals surface area contributed by atoms with Crippen LogP contribution in [0.3, 0.4) is 0 Å². The smallest absolute Gasteiger partial charge is 0.264 e. The molecule has 144 valence electrons. The summed E-state index contributed by atoms with van der Waals surface area (Å²) in [5.74, 6) is -0.106. The molecule has 0 saturated heterocycles. The number of anilines is 1. The van der Waals surface area contributed by atoms with Crippen LogP contribution in [0.5, 0.6) is 0 Å². The van der Waals surface area contributed by atoms with E-state index in [-0.39, 0.29) is 16.8 Å². The largest absolute Gasteiger partial charge is 0.352 e. The Hall–Kier alpha value is -2.34. The molecule has 0 spiro atoms. The molecular weight excluding hydrogens is 360 g/mol. The molecule has 1 atom stereocenters. The predicted molar refractivity (Wildman–Crippen MR) is 108 cm³/mol. The minimum atomic E-state index is -3.62. The number of unbranched alkanes of at least 4 members (excludes halogenated alkanes) is 2. The maximum atomic E-state index is 13.1. The molecule has 0 aromatic heterocycles. The van der Waals surface area contributed by atoms with E-state index in [0.29, 0.717) is 24.2 Å². The summed E-state index contributed by atoms with van der Waals surface area (Å²) < 4.78 is 27.6. The SMILES string of the molecule is CCCCCNC(=O)c1ccc2c(c1)C[C@@H](C)N2S(=O)(=O)c1ccccc1. The molecule has 27 heavy (non-hydrogen) atoms.